The number of hydrogen-bond acceptors (Lipinski definition) is 6. The van der Waals surface area contributed by atoms with Crippen LogP contribution >= 0.6 is 11.8 Å². The summed E-state index contributed by atoms with van der Waals surface area (Å²) in [5.74, 6) is 1.20. The molecule has 8 heteroatoms. The van der Waals surface area contributed by atoms with E-state index in [2.05, 4.69) is 20.6 Å². The largest absolute Gasteiger partial charge is 0.325 e. The standard InChI is InChI=1S/C6H8N6OS/c7-6(3-8-10-11-9-3)4(13)12-1-2-14-5(6)12/h5H,1-2,7H2,(H,8,9,10,11)/t5-,6?/m0/s1. The Balaban J connectivity index is 2.01. The number of aromatic nitrogens is 4. The second kappa shape index (κ2) is 2.45. The number of amides is 1. The van der Waals surface area contributed by atoms with Crippen LogP contribution in [0.15, 0.2) is 0 Å². The second-order valence-electron chi connectivity index (χ2n) is 3.34. The van der Waals surface area contributed by atoms with Crippen molar-refractivity contribution in [3.63, 3.8) is 0 Å². The number of nitrogens with one attached hydrogen (secondary N) is 1. The molecule has 0 aliphatic carbocycles. The summed E-state index contributed by atoms with van der Waals surface area (Å²) in [5, 5.41) is 13.1. The highest BCUT2D eigenvalue weighted by atomic mass is 32.2. The van der Waals surface area contributed by atoms with E-state index in [-0.39, 0.29) is 11.3 Å². The molecule has 0 aromatic carbocycles. The van der Waals surface area contributed by atoms with Crippen molar-refractivity contribution in [2.75, 3.05) is 12.3 Å². The van der Waals surface area contributed by atoms with E-state index in [0.717, 1.165) is 12.3 Å². The Kier molecular flexibility index (Phi) is 1.43. The summed E-state index contributed by atoms with van der Waals surface area (Å²) in [6.07, 6.45) is 0. The number of aromatic amines is 1. The zero-order valence-corrected chi connectivity index (χ0v) is 7.99. The monoisotopic (exact) mass is 212 g/mol. The first-order valence-corrected chi connectivity index (χ1v) is 5.25. The van der Waals surface area contributed by atoms with Gasteiger partial charge in [0.25, 0.3) is 5.91 Å². The molecule has 1 unspecified atom stereocenters. The van der Waals surface area contributed by atoms with Crippen molar-refractivity contribution in [1.29, 1.82) is 0 Å². The molecule has 74 valence electrons. The Hall–Kier alpha value is -1.15. The lowest BCUT2D eigenvalue weighted by Gasteiger charge is -2.47. The average molecular weight is 212 g/mol. The molecule has 2 aliphatic rings. The normalized spacial score (nSPS) is 35.6. The van der Waals surface area contributed by atoms with Gasteiger partial charge in [-0.25, -0.2) is 5.10 Å². The van der Waals surface area contributed by atoms with Crippen LogP contribution in [-0.2, 0) is 10.3 Å². The first-order chi connectivity index (χ1) is 6.74. The predicted octanol–water partition coefficient (Wildman–Crippen LogP) is -1.73. The number of H-pyrrole nitrogens is 1. The van der Waals surface area contributed by atoms with Crippen molar-refractivity contribution < 1.29 is 4.79 Å². The van der Waals surface area contributed by atoms with Crippen LogP contribution in [0.4, 0.5) is 0 Å². The summed E-state index contributed by atoms with van der Waals surface area (Å²) in [6, 6.07) is 0. The van der Waals surface area contributed by atoms with E-state index in [4.69, 9.17) is 5.73 Å². The molecule has 3 heterocycles. The number of fused-ring (bicyclic) bond motifs is 1. The molecule has 1 amide bonds. The van der Waals surface area contributed by atoms with Crippen molar-refractivity contribution in [3.05, 3.63) is 5.82 Å². The lowest BCUT2D eigenvalue weighted by molar-refractivity contribution is -0.152. The van der Waals surface area contributed by atoms with Crippen molar-refractivity contribution in [2.45, 2.75) is 10.9 Å². The molecule has 1 aromatic heterocycles. The zero-order valence-electron chi connectivity index (χ0n) is 7.17. The first kappa shape index (κ1) is 8.18. The lowest BCUT2D eigenvalue weighted by Crippen LogP contribution is -2.73. The van der Waals surface area contributed by atoms with E-state index in [1.165, 1.54) is 0 Å². The highest BCUT2D eigenvalue weighted by Crippen LogP contribution is 2.45. The number of β-lactam (4-membered cyclic amide) rings is 1. The van der Waals surface area contributed by atoms with Crippen molar-refractivity contribution in [2.24, 2.45) is 5.73 Å². The fourth-order valence-electron chi connectivity index (χ4n) is 1.88. The molecule has 1 aromatic rings. The molecular formula is C6H8N6OS. The number of nitrogens with two attached hydrogens (primary N) is 1. The van der Waals surface area contributed by atoms with E-state index in [1.807, 2.05) is 0 Å². The van der Waals surface area contributed by atoms with Gasteiger partial charge in [0.05, 0.1) is 0 Å². The number of thioether (sulfide) groups is 1. The third-order valence-corrected chi connectivity index (χ3v) is 3.99. The predicted molar refractivity (Wildman–Crippen MR) is 48.0 cm³/mol. The van der Waals surface area contributed by atoms with Gasteiger partial charge in [-0.1, -0.05) is 0 Å². The topological polar surface area (TPSA) is 101 Å². The van der Waals surface area contributed by atoms with Crippen LogP contribution in [0.25, 0.3) is 0 Å². The summed E-state index contributed by atoms with van der Waals surface area (Å²) < 4.78 is 0. The average Bonchev–Trinajstić information content (AvgIpc) is 2.86. The number of carbonyl (C=O) groups is 1. The Labute approximate surface area is 83.4 Å². The second-order valence-corrected chi connectivity index (χ2v) is 4.53. The van der Waals surface area contributed by atoms with Crippen LogP contribution < -0.4 is 5.73 Å². The molecule has 2 aliphatic heterocycles. The summed E-state index contributed by atoms with van der Waals surface area (Å²) in [6.45, 7) is 0.773. The number of carbonyl (C=O) groups excluding carboxylic acids is 1. The number of rotatable bonds is 1. The molecule has 3 N–H and O–H groups in total. The molecule has 0 bridgehead atoms. The summed E-state index contributed by atoms with van der Waals surface area (Å²) in [4.78, 5) is 13.5. The maximum Gasteiger partial charge on any atom is 0.254 e. The highest BCUT2D eigenvalue weighted by molar-refractivity contribution is 8.00. The quantitative estimate of drug-likeness (QED) is 0.536. The van der Waals surface area contributed by atoms with Crippen LogP contribution in [-0.4, -0.2) is 49.1 Å². The van der Waals surface area contributed by atoms with Gasteiger partial charge in [0.15, 0.2) is 11.4 Å². The molecule has 0 radical (unpaired) electrons. The van der Waals surface area contributed by atoms with E-state index in [9.17, 15) is 4.79 Å². The molecular weight excluding hydrogens is 204 g/mol. The van der Waals surface area contributed by atoms with E-state index < -0.39 is 5.54 Å². The summed E-state index contributed by atoms with van der Waals surface area (Å²) >= 11 is 1.67. The van der Waals surface area contributed by atoms with Gasteiger partial charge < -0.3 is 10.6 Å². The SMILES string of the molecule is NC1(c2nnn[nH]2)C(=O)N2CCS[C@H]21. The molecule has 3 rings (SSSR count). The third-order valence-electron chi connectivity index (χ3n) is 2.63. The smallest absolute Gasteiger partial charge is 0.254 e. The fraction of sp³-hybridized carbons (Fsp3) is 0.667. The van der Waals surface area contributed by atoms with Crippen LogP contribution in [0.5, 0.6) is 0 Å². The zero-order chi connectivity index (χ0) is 9.76. The van der Waals surface area contributed by atoms with E-state index >= 15 is 0 Å². The minimum atomic E-state index is -1.04. The fourth-order valence-corrected chi connectivity index (χ4v) is 3.27. The van der Waals surface area contributed by atoms with Gasteiger partial charge in [-0.3, -0.25) is 4.79 Å². The van der Waals surface area contributed by atoms with Crippen LogP contribution in [0.1, 0.15) is 5.82 Å². The van der Waals surface area contributed by atoms with Crippen LogP contribution in [0.3, 0.4) is 0 Å². The molecule has 7 nitrogen and oxygen atoms in total. The Bertz CT molecular complexity index is 380. The summed E-state index contributed by atoms with van der Waals surface area (Å²) in [7, 11) is 0. The highest BCUT2D eigenvalue weighted by Gasteiger charge is 2.63. The Morgan fingerprint density at radius 3 is 3.29 bits per heavy atom. The molecule has 0 spiro atoms. The van der Waals surface area contributed by atoms with E-state index in [0.29, 0.717) is 5.82 Å². The summed E-state index contributed by atoms with van der Waals surface area (Å²) in [5.41, 5.74) is 4.97. The maximum atomic E-state index is 11.7. The first-order valence-electron chi connectivity index (χ1n) is 4.20. The van der Waals surface area contributed by atoms with Gasteiger partial charge in [-0.2, -0.15) is 0 Å². The van der Waals surface area contributed by atoms with Crippen LogP contribution in [0.2, 0.25) is 0 Å². The molecule has 14 heavy (non-hydrogen) atoms. The van der Waals surface area contributed by atoms with Gasteiger partial charge in [0, 0.05) is 12.3 Å². The van der Waals surface area contributed by atoms with E-state index in [1.54, 1.807) is 16.7 Å². The van der Waals surface area contributed by atoms with Gasteiger partial charge >= 0.3 is 0 Å². The number of hydrogen-bond donors (Lipinski definition) is 2. The maximum absolute atomic E-state index is 11.7. The Morgan fingerprint density at radius 1 is 1.71 bits per heavy atom. The third kappa shape index (κ3) is 0.735. The molecule has 0 saturated carbocycles. The lowest BCUT2D eigenvalue weighted by atomic mass is 9.88. The van der Waals surface area contributed by atoms with Crippen molar-refractivity contribution >= 4 is 17.7 Å². The van der Waals surface area contributed by atoms with Gasteiger partial charge in [0.2, 0.25) is 0 Å². The molecule has 2 fully saturated rings. The van der Waals surface area contributed by atoms with Gasteiger partial charge in [-0.15, -0.1) is 16.9 Å². The molecule has 2 saturated heterocycles. The van der Waals surface area contributed by atoms with Crippen molar-refractivity contribution in [3.8, 4) is 0 Å². The Morgan fingerprint density at radius 2 is 2.57 bits per heavy atom. The van der Waals surface area contributed by atoms with Gasteiger partial charge in [-0.05, 0) is 10.4 Å². The minimum absolute atomic E-state index is 0.00949. The minimum Gasteiger partial charge on any atom is -0.325 e. The number of nitrogens with zero attached hydrogens (tertiary/aromatic N) is 4. The van der Waals surface area contributed by atoms with Gasteiger partial charge in [0.1, 0.15) is 5.37 Å². The molecule has 2 atom stereocenters. The van der Waals surface area contributed by atoms with Crippen molar-refractivity contribution in [1.82, 2.24) is 25.5 Å². The number of tetrazole rings is 1. The van der Waals surface area contributed by atoms with Crippen LogP contribution in [0, 0.1) is 0 Å².